The van der Waals surface area contributed by atoms with Crippen LogP contribution in [0.3, 0.4) is 0 Å². The molecule has 0 amide bonds. The van der Waals surface area contributed by atoms with E-state index in [1.54, 1.807) is 0 Å². The zero-order valence-corrected chi connectivity index (χ0v) is 13.9. The smallest absolute Gasteiger partial charge is 0.215 e. The number of sulfonamides is 1. The minimum atomic E-state index is -3.57. The van der Waals surface area contributed by atoms with Gasteiger partial charge in [0.05, 0.1) is 11.5 Å². The number of benzene rings is 1. The van der Waals surface area contributed by atoms with Gasteiger partial charge in [0.25, 0.3) is 0 Å². The Morgan fingerprint density at radius 1 is 1.16 bits per heavy atom. The van der Waals surface area contributed by atoms with Crippen LogP contribution in [0, 0.1) is 0 Å². The van der Waals surface area contributed by atoms with Crippen LogP contribution < -0.4 is 0 Å². The van der Waals surface area contributed by atoms with Crippen LogP contribution in [0.5, 0.6) is 0 Å². The predicted octanol–water partition coefficient (Wildman–Crippen LogP) is 1.26. The summed E-state index contributed by atoms with van der Waals surface area (Å²) in [6.45, 7) is 0.214. The lowest BCUT2D eigenvalue weighted by molar-refractivity contribution is 0.467. The Morgan fingerprint density at radius 3 is 2.32 bits per heavy atom. The van der Waals surface area contributed by atoms with E-state index in [0.717, 1.165) is 16.3 Å². The third kappa shape index (κ3) is 6.03. The Bertz CT molecular complexity index is 640. The van der Waals surface area contributed by atoms with Crippen molar-refractivity contribution in [2.45, 2.75) is 6.54 Å². The highest BCUT2D eigenvalue weighted by atomic mass is 79.9. The molecule has 0 radical (unpaired) electrons. The molecular weight excluding hydrogens is 354 g/mol. The van der Waals surface area contributed by atoms with Crippen molar-refractivity contribution in [2.75, 3.05) is 24.8 Å². The molecule has 1 rings (SSSR count). The van der Waals surface area contributed by atoms with Crippen LogP contribution in [0.1, 0.15) is 5.56 Å². The molecule has 0 heterocycles. The Balaban J connectivity index is 2.74. The molecule has 0 aliphatic carbocycles. The van der Waals surface area contributed by atoms with E-state index in [4.69, 9.17) is 0 Å². The summed E-state index contributed by atoms with van der Waals surface area (Å²) in [5, 5.41) is 0. The Labute approximate surface area is 122 Å². The van der Waals surface area contributed by atoms with E-state index < -0.39 is 25.6 Å². The molecule has 0 aliphatic rings. The molecule has 8 heteroatoms. The lowest BCUT2D eigenvalue weighted by Gasteiger charge is -2.17. The van der Waals surface area contributed by atoms with Gasteiger partial charge in [-0.05, 0) is 17.7 Å². The summed E-state index contributed by atoms with van der Waals surface area (Å²) < 4.78 is 47.9. The van der Waals surface area contributed by atoms with E-state index in [2.05, 4.69) is 15.9 Å². The lowest BCUT2D eigenvalue weighted by atomic mass is 10.2. The van der Waals surface area contributed by atoms with Crippen molar-refractivity contribution in [1.82, 2.24) is 4.31 Å². The molecular formula is C11H16BrNO4S2. The highest BCUT2D eigenvalue weighted by Crippen LogP contribution is 2.14. The Kier molecular flexibility index (Phi) is 5.54. The molecule has 0 atom stereocenters. The van der Waals surface area contributed by atoms with Crippen LogP contribution in [-0.4, -0.2) is 45.9 Å². The quantitative estimate of drug-likeness (QED) is 0.756. The first-order valence-corrected chi connectivity index (χ1v) is 9.92. The van der Waals surface area contributed by atoms with Gasteiger partial charge in [-0.3, -0.25) is 0 Å². The van der Waals surface area contributed by atoms with Crippen molar-refractivity contribution in [3.8, 4) is 0 Å². The summed E-state index contributed by atoms with van der Waals surface area (Å²) >= 11 is 3.31. The van der Waals surface area contributed by atoms with Gasteiger partial charge in [0.15, 0.2) is 0 Å². The fraction of sp³-hybridized carbons (Fsp3) is 0.455. The summed E-state index contributed by atoms with van der Waals surface area (Å²) in [4.78, 5) is 0. The van der Waals surface area contributed by atoms with Gasteiger partial charge < -0.3 is 0 Å². The van der Waals surface area contributed by atoms with Crippen molar-refractivity contribution in [2.24, 2.45) is 0 Å². The number of hydrogen-bond donors (Lipinski definition) is 0. The predicted molar refractivity (Wildman–Crippen MR) is 79.1 cm³/mol. The molecule has 1 aromatic rings. The summed E-state index contributed by atoms with van der Waals surface area (Å²) in [5.41, 5.74) is 0.833. The van der Waals surface area contributed by atoms with Gasteiger partial charge in [-0.15, -0.1) is 0 Å². The monoisotopic (exact) mass is 369 g/mol. The maximum absolute atomic E-state index is 11.9. The van der Waals surface area contributed by atoms with E-state index in [1.807, 2.05) is 24.3 Å². The lowest BCUT2D eigenvalue weighted by Crippen LogP contribution is -2.31. The van der Waals surface area contributed by atoms with Crippen molar-refractivity contribution in [3.05, 3.63) is 34.3 Å². The van der Waals surface area contributed by atoms with Gasteiger partial charge in [0.1, 0.15) is 9.84 Å². The molecule has 0 unspecified atom stereocenters. The van der Waals surface area contributed by atoms with Gasteiger partial charge in [0, 0.05) is 24.3 Å². The number of hydrogen-bond acceptors (Lipinski definition) is 4. The van der Waals surface area contributed by atoms with E-state index in [1.165, 1.54) is 11.4 Å². The number of sulfone groups is 1. The van der Waals surface area contributed by atoms with Crippen molar-refractivity contribution in [1.29, 1.82) is 0 Å². The van der Waals surface area contributed by atoms with Crippen LogP contribution >= 0.6 is 15.9 Å². The average Bonchev–Trinajstić information content (AvgIpc) is 2.25. The molecule has 0 bridgehead atoms. The van der Waals surface area contributed by atoms with E-state index in [-0.39, 0.29) is 12.3 Å². The largest absolute Gasteiger partial charge is 0.229 e. The zero-order chi connectivity index (χ0) is 14.7. The molecule has 0 aromatic heterocycles. The Morgan fingerprint density at radius 2 is 1.79 bits per heavy atom. The SMILES string of the molecule is CN(Cc1cccc(Br)c1)S(=O)(=O)CCS(C)(=O)=O. The normalized spacial score (nSPS) is 12.8. The fourth-order valence-corrected chi connectivity index (χ4v) is 4.56. The van der Waals surface area contributed by atoms with Crippen molar-refractivity contribution < 1.29 is 16.8 Å². The first-order valence-electron chi connectivity index (χ1n) is 5.46. The summed E-state index contributed by atoms with van der Waals surface area (Å²) in [5.74, 6) is -0.755. The molecule has 108 valence electrons. The second-order valence-corrected chi connectivity index (χ2v) is 9.70. The standard InChI is InChI=1S/C11H16BrNO4S2/c1-13(9-10-4-3-5-11(12)8-10)19(16,17)7-6-18(2,14)15/h3-5,8H,6-7,9H2,1-2H3. The highest BCUT2D eigenvalue weighted by molar-refractivity contribution is 9.10. The number of rotatable bonds is 6. The van der Waals surface area contributed by atoms with Gasteiger partial charge in [-0.2, -0.15) is 0 Å². The third-order valence-electron chi connectivity index (χ3n) is 2.48. The average molecular weight is 370 g/mol. The minimum Gasteiger partial charge on any atom is -0.229 e. The zero-order valence-electron chi connectivity index (χ0n) is 10.7. The number of halogens is 1. The van der Waals surface area contributed by atoms with E-state index in [9.17, 15) is 16.8 Å². The molecule has 19 heavy (non-hydrogen) atoms. The minimum absolute atomic E-state index is 0.214. The van der Waals surface area contributed by atoms with E-state index >= 15 is 0 Å². The van der Waals surface area contributed by atoms with Crippen LogP contribution in [0.15, 0.2) is 28.7 Å². The molecule has 0 N–H and O–H groups in total. The van der Waals surface area contributed by atoms with Crippen molar-refractivity contribution in [3.63, 3.8) is 0 Å². The van der Waals surface area contributed by atoms with Crippen LogP contribution in [0.4, 0.5) is 0 Å². The highest BCUT2D eigenvalue weighted by Gasteiger charge is 2.20. The maximum atomic E-state index is 11.9. The van der Waals surface area contributed by atoms with Gasteiger partial charge in [0.2, 0.25) is 10.0 Å². The molecule has 5 nitrogen and oxygen atoms in total. The molecule has 0 saturated heterocycles. The van der Waals surface area contributed by atoms with Crippen molar-refractivity contribution >= 4 is 35.8 Å². The van der Waals surface area contributed by atoms with Gasteiger partial charge in [-0.1, -0.05) is 28.1 Å². The van der Waals surface area contributed by atoms with Crippen LogP contribution in [-0.2, 0) is 26.4 Å². The summed E-state index contributed by atoms with van der Waals surface area (Å²) in [7, 11) is -5.41. The second kappa shape index (κ2) is 6.34. The summed E-state index contributed by atoms with van der Waals surface area (Å²) in [6, 6.07) is 7.30. The van der Waals surface area contributed by atoms with E-state index in [0.29, 0.717) is 0 Å². The van der Waals surface area contributed by atoms with Crippen LogP contribution in [0.2, 0.25) is 0 Å². The maximum Gasteiger partial charge on any atom is 0.215 e. The number of nitrogens with zero attached hydrogens (tertiary/aromatic N) is 1. The first kappa shape index (κ1) is 16.6. The fourth-order valence-electron chi connectivity index (χ4n) is 1.40. The Hall–Kier alpha value is -0.440. The molecule has 0 spiro atoms. The molecule has 0 fully saturated rings. The van der Waals surface area contributed by atoms with Gasteiger partial charge in [-0.25, -0.2) is 21.1 Å². The molecule has 0 saturated carbocycles. The topological polar surface area (TPSA) is 71.5 Å². The third-order valence-corrected chi connectivity index (χ3v) is 5.98. The summed E-state index contributed by atoms with van der Waals surface area (Å²) in [6.07, 6.45) is 1.02. The molecule has 0 aliphatic heterocycles. The first-order chi connectivity index (χ1) is 8.60. The second-order valence-electron chi connectivity index (χ2n) is 4.33. The van der Waals surface area contributed by atoms with Gasteiger partial charge >= 0.3 is 0 Å². The van der Waals surface area contributed by atoms with Crippen LogP contribution in [0.25, 0.3) is 0 Å². The molecule has 1 aromatic carbocycles.